The number of benzene rings is 8. The van der Waals surface area contributed by atoms with Gasteiger partial charge in [-0.1, -0.05) is 170 Å². The van der Waals surface area contributed by atoms with E-state index in [-0.39, 0.29) is 0 Å². The van der Waals surface area contributed by atoms with Crippen LogP contribution < -0.4 is 0 Å². The van der Waals surface area contributed by atoms with Gasteiger partial charge in [-0.15, -0.1) is 21.5 Å². The van der Waals surface area contributed by atoms with Gasteiger partial charge < -0.3 is 0 Å². The Morgan fingerprint density at radius 3 is 1.51 bits per heavy atom. The van der Waals surface area contributed by atoms with E-state index >= 15 is 0 Å². The predicted molar refractivity (Wildman–Crippen MR) is 231 cm³/mol. The van der Waals surface area contributed by atoms with Crippen LogP contribution in [0.15, 0.2) is 200 Å². The Labute approximate surface area is 323 Å². The van der Waals surface area contributed by atoms with Gasteiger partial charge in [0.2, 0.25) is 0 Å². The Morgan fingerprint density at radius 1 is 0.345 bits per heavy atom. The second-order valence-corrected chi connectivity index (χ2v) is 14.7. The van der Waals surface area contributed by atoms with Crippen LogP contribution in [0.2, 0.25) is 0 Å². The smallest absolute Gasteiger partial charge is 0.0976 e. The summed E-state index contributed by atoms with van der Waals surface area (Å²) in [5, 5.41) is 15.8. The van der Waals surface area contributed by atoms with Gasteiger partial charge in [0.05, 0.1) is 11.9 Å². The lowest BCUT2D eigenvalue weighted by Gasteiger charge is -2.26. The van der Waals surface area contributed by atoms with Gasteiger partial charge in [0.15, 0.2) is 0 Å². The van der Waals surface area contributed by atoms with Crippen molar-refractivity contribution in [1.82, 2.24) is 15.4 Å². The molecule has 0 amide bonds. The van der Waals surface area contributed by atoms with Crippen molar-refractivity contribution in [2.75, 3.05) is 0 Å². The van der Waals surface area contributed by atoms with Gasteiger partial charge in [0, 0.05) is 36.9 Å². The van der Waals surface area contributed by atoms with Crippen molar-refractivity contribution >= 4 is 31.5 Å². The molecule has 2 heterocycles. The van der Waals surface area contributed by atoms with Crippen LogP contribution in [0.3, 0.4) is 0 Å². The minimum atomic E-state index is 0.760. The lowest BCUT2D eigenvalue weighted by atomic mass is 9.77. The second kappa shape index (κ2) is 14.1. The van der Waals surface area contributed by atoms with Crippen LogP contribution in [0.1, 0.15) is 0 Å². The zero-order valence-electron chi connectivity index (χ0n) is 29.8. The monoisotopic (exact) mass is 719 g/mol. The molecule has 4 heteroatoms. The summed E-state index contributed by atoms with van der Waals surface area (Å²) >= 11 is 1.84. The summed E-state index contributed by atoms with van der Waals surface area (Å²) in [5.41, 5.74) is 15.3. The van der Waals surface area contributed by atoms with E-state index in [0.29, 0.717) is 0 Å². The highest BCUT2D eigenvalue weighted by atomic mass is 32.1. The zero-order chi connectivity index (χ0) is 36.6. The van der Waals surface area contributed by atoms with E-state index < -0.39 is 0 Å². The molecule has 0 N–H and O–H groups in total. The van der Waals surface area contributed by atoms with Crippen LogP contribution in [-0.2, 0) is 0 Å². The molecule has 0 atom stereocenters. The van der Waals surface area contributed by atoms with E-state index in [2.05, 4.69) is 198 Å². The summed E-state index contributed by atoms with van der Waals surface area (Å²) in [6.45, 7) is 0. The lowest BCUT2D eigenvalue weighted by Crippen LogP contribution is -2.02. The van der Waals surface area contributed by atoms with Gasteiger partial charge in [0.25, 0.3) is 0 Å². The molecule has 0 saturated carbocycles. The van der Waals surface area contributed by atoms with E-state index in [1.165, 1.54) is 20.2 Å². The maximum atomic E-state index is 4.85. The summed E-state index contributed by atoms with van der Waals surface area (Å²) in [5.74, 6) is 0. The molecule has 3 nitrogen and oxygen atoms in total. The first-order valence-electron chi connectivity index (χ1n) is 18.4. The predicted octanol–water partition coefficient (Wildman–Crippen LogP) is 13.9. The van der Waals surface area contributed by atoms with Gasteiger partial charge in [0.1, 0.15) is 0 Å². The van der Waals surface area contributed by atoms with Crippen LogP contribution in [0.5, 0.6) is 0 Å². The number of hydrogen-bond donors (Lipinski definition) is 0. The third-order valence-electron chi connectivity index (χ3n) is 10.4. The van der Waals surface area contributed by atoms with Crippen molar-refractivity contribution in [1.29, 1.82) is 0 Å². The number of thiophene rings is 1. The molecule has 0 aliphatic heterocycles. The Morgan fingerprint density at radius 2 is 0.855 bits per heavy atom. The molecule has 55 heavy (non-hydrogen) atoms. The molecule has 8 aromatic carbocycles. The standard InChI is InChI=1S/C51H33N3S/c1-4-17-34(18-5-1)37-23-10-12-25-39(37)44-33-43(36-21-8-3-9-22-36)50(42-28-16-30-47-48(42)41-27-14-15-29-46(41)55-47)51(45-31-32-52-54-53-45)49(44)40-26-13-11-24-38(40)35-19-6-2-7-20-35/h1-33H. The molecule has 0 bridgehead atoms. The Bertz CT molecular complexity index is 2960. The van der Waals surface area contributed by atoms with Gasteiger partial charge in [-0.25, -0.2) is 0 Å². The number of hydrogen-bond acceptors (Lipinski definition) is 4. The van der Waals surface area contributed by atoms with E-state index in [9.17, 15) is 0 Å². The fourth-order valence-corrected chi connectivity index (χ4v) is 9.20. The van der Waals surface area contributed by atoms with Gasteiger partial charge in [-0.05, 0) is 85.1 Å². The van der Waals surface area contributed by atoms with Crippen LogP contribution in [0.4, 0.5) is 0 Å². The molecule has 10 rings (SSSR count). The molecule has 0 unspecified atom stereocenters. The zero-order valence-corrected chi connectivity index (χ0v) is 30.6. The molecular weight excluding hydrogens is 687 g/mol. The molecule has 2 aromatic heterocycles. The number of nitrogens with zero attached hydrogens (tertiary/aromatic N) is 3. The minimum absolute atomic E-state index is 0.760. The van der Waals surface area contributed by atoms with E-state index in [1.807, 2.05) is 17.4 Å². The molecule has 0 saturated heterocycles. The SMILES string of the molecule is c1ccc(-c2ccccc2-c2cc(-c3ccccc3)c(-c3cccc4sc5ccccc5c34)c(-c3ccnnn3)c2-c2ccccc2-c2ccccc2)cc1. The van der Waals surface area contributed by atoms with Crippen molar-refractivity contribution in [2.24, 2.45) is 0 Å². The highest BCUT2D eigenvalue weighted by molar-refractivity contribution is 7.25. The third-order valence-corrected chi connectivity index (χ3v) is 11.6. The second-order valence-electron chi connectivity index (χ2n) is 13.6. The van der Waals surface area contributed by atoms with Crippen LogP contribution in [0.25, 0.3) is 98.2 Å². The minimum Gasteiger partial charge on any atom is -0.139 e. The average Bonchev–Trinajstić information content (AvgIpc) is 3.66. The van der Waals surface area contributed by atoms with Gasteiger partial charge in [-0.2, -0.15) is 0 Å². The molecule has 0 fully saturated rings. The summed E-state index contributed by atoms with van der Waals surface area (Å²) in [4.78, 5) is 0. The van der Waals surface area contributed by atoms with Crippen LogP contribution >= 0.6 is 11.3 Å². The summed E-state index contributed by atoms with van der Waals surface area (Å²) in [7, 11) is 0. The third kappa shape index (κ3) is 5.81. The fourth-order valence-electron chi connectivity index (χ4n) is 8.07. The number of fused-ring (bicyclic) bond motifs is 3. The highest BCUT2D eigenvalue weighted by Crippen LogP contribution is 2.54. The Balaban J connectivity index is 1.46. The summed E-state index contributed by atoms with van der Waals surface area (Å²) < 4.78 is 2.51. The van der Waals surface area contributed by atoms with Crippen molar-refractivity contribution in [3.63, 3.8) is 0 Å². The van der Waals surface area contributed by atoms with Crippen molar-refractivity contribution in [2.45, 2.75) is 0 Å². The number of aromatic nitrogens is 3. The summed E-state index contributed by atoms with van der Waals surface area (Å²) in [6.07, 6.45) is 1.76. The Kier molecular flexibility index (Phi) is 8.36. The average molecular weight is 720 g/mol. The first-order chi connectivity index (χ1) is 27.3. The molecular formula is C51H33N3S. The molecule has 10 aromatic rings. The first-order valence-corrected chi connectivity index (χ1v) is 19.3. The number of rotatable bonds is 7. The fraction of sp³-hybridized carbons (Fsp3) is 0. The normalized spacial score (nSPS) is 11.3. The van der Waals surface area contributed by atoms with Gasteiger partial charge >= 0.3 is 0 Å². The maximum Gasteiger partial charge on any atom is 0.0976 e. The molecule has 0 radical (unpaired) electrons. The molecule has 0 spiro atoms. The topological polar surface area (TPSA) is 38.7 Å². The molecule has 0 aliphatic rings. The van der Waals surface area contributed by atoms with Gasteiger partial charge in [-0.3, -0.25) is 0 Å². The van der Waals surface area contributed by atoms with Crippen molar-refractivity contribution in [3.8, 4) is 78.0 Å². The lowest BCUT2D eigenvalue weighted by molar-refractivity contribution is 0.871. The molecule has 258 valence electrons. The largest absolute Gasteiger partial charge is 0.139 e. The first kappa shape index (κ1) is 32.6. The highest BCUT2D eigenvalue weighted by Gasteiger charge is 2.28. The van der Waals surface area contributed by atoms with E-state index in [4.69, 9.17) is 5.10 Å². The maximum absolute atomic E-state index is 4.85. The van der Waals surface area contributed by atoms with Crippen molar-refractivity contribution < 1.29 is 0 Å². The Hall–Kier alpha value is -7.01. The summed E-state index contributed by atoms with van der Waals surface area (Å²) in [6, 6.07) is 69.6. The molecule has 0 aliphatic carbocycles. The quantitative estimate of drug-likeness (QED) is 0.165. The van der Waals surface area contributed by atoms with E-state index in [0.717, 1.165) is 78.0 Å². The van der Waals surface area contributed by atoms with E-state index in [1.54, 1.807) is 6.20 Å². The van der Waals surface area contributed by atoms with Crippen LogP contribution in [0, 0.1) is 0 Å². The van der Waals surface area contributed by atoms with Crippen LogP contribution in [-0.4, -0.2) is 15.4 Å². The van der Waals surface area contributed by atoms with Crippen molar-refractivity contribution in [3.05, 3.63) is 200 Å².